The molecule has 0 radical (unpaired) electrons. The van der Waals surface area contributed by atoms with Crippen LogP contribution >= 0.6 is 0 Å². The van der Waals surface area contributed by atoms with Crippen LogP contribution in [0.25, 0.3) is 0 Å². The third kappa shape index (κ3) is 13.7. The van der Waals surface area contributed by atoms with Crippen LogP contribution in [-0.2, 0) is 30.3 Å². The van der Waals surface area contributed by atoms with E-state index in [-0.39, 0.29) is 12.4 Å². The molecule has 166 valence electrons. The number of nitrogens with two attached hydrogens (primary N) is 3. The van der Waals surface area contributed by atoms with Gasteiger partial charge in [0, 0.05) is 25.9 Å². The number of carbonyl (C=O) groups is 4. The molecule has 0 fully saturated rings. The lowest BCUT2D eigenvalue weighted by atomic mass is 10.0. The molecule has 0 aliphatic rings. The van der Waals surface area contributed by atoms with Gasteiger partial charge in [-0.05, 0) is 25.3 Å². The molecule has 2 atom stereocenters. The molecule has 0 saturated heterocycles. The average Bonchev–Trinajstić information content (AvgIpc) is 2.64. The number of esters is 2. The normalized spacial score (nSPS) is 11.7. The van der Waals surface area contributed by atoms with Gasteiger partial charge in [-0.25, -0.2) is 4.79 Å². The smallest absolute Gasteiger partial charge is 0.336 e. The first kappa shape index (κ1) is 26.5. The van der Waals surface area contributed by atoms with E-state index in [1.807, 2.05) is 6.07 Å². The quantitative estimate of drug-likeness (QED) is 0.113. The number of carboxylic acid groups (broad SMARTS) is 1. The fraction of sp³-hybridized carbons (Fsp3) is 0.421. The number of hydrogen-bond donors (Lipinski definition) is 4. The third-order valence-electron chi connectivity index (χ3n) is 3.43. The van der Waals surface area contributed by atoms with Gasteiger partial charge in [0.2, 0.25) is 5.91 Å². The zero-order valence-electron chi connectivity index (χ0n) is 17.0. The van der Waals surface area contributed by atoms with E-state index in [1.54, 1.807) is 24.3 Å². The Labute approximate surface area is 174 Å². The van der Waals surface area contributed by atoms with Crippen molar-refractivity contribution in [1.82, 2.24) is 5.32 Å². The lowest BCUT2D eigenvalue weighted by Crippen LogP contribution is -2.50. The highest BCUT2D eigenvalue weighted by Gasteiger charge is 2.26. The molecular formula is C19H28N5O6-. The Kier molecular flexibility index (Phi) is 12.8. The highest BCUT2D eigenvalue weighted by Crippen LogP contribution is 2.06. The number of nitrogens with zero attached hydrogens (tertiary/aromatic N) is 1. The SMILES string of the molecule is CC(=O)OC(=O)[C@H](Cc1ccccc1)NC(=O)[C@@H](N)CCCN=C(N)N.CC(=O)[O-]. The summed E-state index contributed by atoms with van der Waals surface area (Å²) in [6, 6.07) is 7.19. The molecule has 7 N–H and O–H groups in total. The van der Waals surface area contributed by atoms with Crippen molar-refractivity contribution in [2.45, 2.75) is 45.2 Å². The minimum atomic E-state index is -1.08. The molecule has 1 amide bonds. The number of rotatable bonds is 9. The van der Waals surface area contributed by atoms with Crippen LogP contribution in [0.3, 0.4) is 0 Å². The lowest BCUT2D eigenvalue weighted by molar-refractivity contribution is -0.302. The van der Waals surface area contributed by atoms with E-state index < -0.39 is 35.9 Å². The van der Waals surface area contributed by atoms with Crippen molar-refractivity contribution >= 4 is 29.8 Å². The Morgan fingerprint density at radius 3 is 2.20 bits per heavy atom. The molecule has 0 aliphatic heterocycles. The summed E-state index contributed by atoms with van der Waals surface area (Å²) in [6.45, 7) is 2.44. The first-order valence-electron chi connectivity index (χ1n) is 9.08. The summed E-state index contributed by atoms with van der Waals surface area (Å²) in [6.07, 6.45) is 1.02. The van der Waals surface area contributed by atoms with Gasteiger partial charge < -0.3 is 37.2 Å². The van der Waals surface area contributed by atoms with Crippen molar-refractivity contribution in [1.29, 1.82) is 0 Å². The van der Waals surface area contributed by atoms with E-state index in [4.69, 9.17) is 27.1 Å². The maximum atomic E-state index is 12.2. The summed E-state index contributed by atoms with van der Waals surface area (Å²) in [5.74, 6) is -3.21. The van der Waals surface area contributed by atoms with Crippen LogP contribution in [0.4, 0.5) is 0 Å². The van der Waals surface area contributed by atoms with Crippen LogP contribution in [0.1, 0.15) is 32.3 Å². The van der Waals surface area contributed by atoms with E-state index >= 15 is 0 Å². The van der Waals surface area contributed by atoms with Gasteiger partial charge in [-0.2, -0.15) is 0 Å². The van der Waals surface area contributed by atoms with Crippen LogP contribution in [0.5, 0.6) is 0 Å². The van der Waals surface area contributed by atoms with Gasteiger partial charge in [-0.1, -0.05) is 30.3 Å². The number of benzene rings is 1. The van der Waals surface area contributed by atoms with Gasteiger partial charge >= 0.3 is 11.9 Å². The second-order valence-electron chi connectivity index (χ2n) is 6.21. The number of aliphatic imine (C=N–C) groups is 1. The number of guanidine groups is 1. The van der Waals surface area contributed by atoms with Crippen LogP contribution in [-0.4, -0.2) is 48.4 Å². The maximum absolute atomic E-state index is 12.2. The van der Waals surface area contributed by atoms with Gasteiger partial charge in [0.1, 0.15) is 6.04 Å². The molecular weight excluding hydrogens is 394 g/mol. The second-order valence-corrected chi connectivity index (χ2v) is 6.21. The second kappa shape index (κ2) is 14.5. The Morgan fingerprint density at radius 1 is 1.13 bits per heavy atom. The highest BCUT2D eigenvalue weighted by molar-refractivity contribution is 5.91. The minimum Gasteiger partial charge on any atom is -0.550 e. The number of carbonyl (C=O) groups excluding carboxylic acids is 4. The predicted octanol–water partition coefficient (Wildman–Crippen LogP) is -2.06. The molecule has 1 aromatic carbocycles. The van der Waals surface area contributed by atoms with Crippen LogP contribution in [0.2, 0.25) is 0 Å². The number of hydrogen-bond acceptors (Lipinski definition) is 8. The maximum Gasteiger partial charge on any atom is 0.336 e. The first-order chi connectivity index (χ1) is 14.0. The summed E-state index contributed by atoms with van der Waals surface area (Å²) < 4.78 is 4.61. The van der Waals surface area contributed by atoms with Gasteiger partial charge in [0.25, 0.3) is 0 Å². The fourth-order valence-corrected chi connectivity index (χ4v) is 2.19. The van der Waals surface area contributed by atoms with E-state index in [9.17, 15) is 14.4 Å². The highest BCUT2D eigenvalue weighted by atomic mass is 16.6. The molecule has 0 bridgehead atoms. The summed E-state index contributed by atoms with van der Waals surface area (Å²) in [5.41, 5.74) is 17.1. The lowest BCUT2D eigenvalue weighted by Gasteiger charge is -2.19. The Hall–Kier alpha value is -3.47. The monoisotopic (exact) mass is 422 g/mol. The van der Waals surface area contributed by atoms with Crippen molar-refractivity contribution in [3.05, 3.63) is 35.9 Å². The zero-order chi connectivity index (χ0) is 23.1. The van der Waals surface area contributed by atoms with Crippen molar-refractivity contribution in [3.63, 3.8) is 0 Å². The number of carboxylic acids is 1. The van der Waals surface area contributed by atoms with E-state index in [2.05, 4.69) is 15.0 Å². The van der Waals surface area contributed by atoms with Crippen LogP contribution in [0.15, 0.2) is 35.3 Å². The fourth-order valence-electron chi connectivity index (χ4n) is 2.19. The van der Waals surface area contributed by atoms with E-state index in [1.165, 1.54) is 0 Å². The number of nitrogens with one attached hydrogen (secondary N) is 1. The molecule has 0 aromatic heterocycles. The van der Waals surface area contributed by atoms with Gasteiger partial charge in [0.05, 0.1) is 6.04 Å². The van der Waals surface area contributed by atoms with Crippen LogP contribution < -0.4 is 27.6 Å². The molecule has 1 aromatic rings. The Bertz CT molecular complexity index is 730. The average molecular weight is 422 g/mol. The zero-order valence-corrected chi connectivity index (χ0v) is 17.0. The van der Waals surface area contributed by atoms with Crippen molar-refractivity contribution in [3.8, 4) is 0 Å². The summed E-state index contributed by atoms with van der Waals surface area (Å²) in [4.78, 5) is 48.1. The summed E-state index contributed by atoms with van der Waals surface area (Å²) in [5, 5.41) is 11.4. The Morgan fingerprint density at radius 2 is 1.70 bits per heavy atom. The topological polar surface area (TPSA) is 203 Å². The standard InChI is InChI=1S/C17H25N5O4.C2H4O2/c1-11(23)26-16(25)14(10-12-6-3-2-4-7-12)22-15(24)13(18)8-5-9-21-17(19)20;1-2(3)4/h2-4,6-7,13-14H,5,8-10,18H2,1H3,(H,22,24)(H4,19,20,21);1H3,(H,3,4)/p-1/t13-,14-;/m0./s1. The molecule has 0 saturated carbocycles. The molecule has 11 nitrogen and oxygen atoms in total. The first-order valence-corrected chi connectivity index (χ1v) is 9.08. The summed E-state index contributed by atoms with van der Waals surface area (Å²) in [7, 11) is 0. The molecule has 30 heavy (non-hydrogen) atoms. The van der Waals surface area contributed by atoms with E-state index in [0.29, 0.717) is 19.4 Å². The molecule has 0 spiro atoms. The number of amides is 1. The van der Waals surface area contributed by atoms with Crippen molar-refractivity contribution < 1.29 is 29.0 Å². The third-order valence-corrected chi connectivity index (χ3v) is 3.43. The molecule has 0 heterocycles. The number of ether oxygens (including phenoxy) is 1. The van der Waals surface area contributed by atoms with Gasteiger partial charge in [0.15, 0.2) is 5.96 Å². The Balaban J connectivity index is 0.00000192. The molecule has 11 heteroatoms. The number of aliphatic carboxylic acids is 1. The van der Waals surface area contributed by atoms with E-state index in [0.717, 1.165) is 19.4 Å². The van der Waals surface area contributed by atoms with Gasteiger partial charge in [-0.15, -0.1) is 0 Å². The minimum absolute atomic E-state index is 0.0297. The largest absolute Gasteiger partial charge is 0.550 e. The molecule has 1 rings (SSSR count). The molecule has 0 unspecified atom stereocenters. The van der Waals surface area contributed by atoms with Crippen molar-refractivity contribution in [2.75, 3.05) is 6.54 Å². The summed E-state index contributed by atoms with van der Waals surface area (Å²) >= 11 is 0. The molecule has 0 aliphatic carbocycles. The van der Waals surface area contributed by atoms with Crippen LogP contribution in [0, 0.1) is 0 Å². The van der Waals surface area contributed by atoms with Crippen molar-refractivity contribution in [2.24, 2.45) is 22.2 Å². The predicted molar refractivity (Wildman–Crippen MR) is 107 cm³/mol. The van der Waals surface area contributed by atoms with Gasteiger partial charge in [-0.3, -0.25) is 14.6 Å².